The molecular formula is C16H13N5OS. The van der Waals surface area contributed by atoms with Crippen LogP contribution < -0.4 is 10.5 Å². The molecule has 4 rings (SSSR count). The lowest BCUT2D eigenvalue weighted by atomic mass is 10.2. The lowest BCUT2D eigenvalue weighted by Gasteiger charge is -2.00. The van der Waals surface area contributed by atoms with E-state index in [0.29, 0.717) is 16.9 Å². The molecule has 6 nitrogen and oxygen atoms in total. The summed E-state index contributed by atoms with van der Waals surface area (Å²) in [6.45, 7) is 0. The molecule has 0 fully saturated rings. The highest BCUT2D eigenvalue weighted by molar-refractivity contribution is 7.20. The van der Waals surface area contributed by atoms with Gasteiger partial charge in [0.2, 0.25) is 11.1 Å². The molecule has 0 aliphatic heterocycles. The Morgan fingerprint density at radius 3 is 2.78 bits per heavy atom. The molecule has 2 N–H and O–H groups in total. The first-order valence-corrected chi connectivity index (χ1v) is 7.79. The quantitative estimate of drug-likeness (QED) is 0.626. The molecule has 0 saturated heterocycles. The van der Waals surface area contributed by atoms with Crippen LogP contribution >= 0.6 is 11.3 Å². The van der Waals surface area contributed by atoms with Crippen molar-refractivity contribution in [2.45, 2.75) is 0 Å². The number of ether oxygens (including phenoxy) is 1. The molecule has 0 atom stereocenters. The minimum atomic E-state index is 0.307. The molecule has 0 spiro atoms. The fraction of sp³-hybridized carbons (Fsp3) is 0.0625. The number of methoxy groups -OCH3 is 1. The van der Waals surface area contributed by atoms with Crippen LogP contribution in [0.2, 0.25) is 0 Å². The van der Waals surface area contributed by atoms with Crippen molar-refractivity contribution >= 4 is 27.5 Å². The van der Waals surface area contributed by atoms with Crippen molar-refractivity contribution in [3.63, 3.8) is 0 Å². The van der Waals surface area contributed by atoms with Gasteiger partial charge in [-0.05, 0) is 24.3 Å². The Hall–Kier alpha value is -2.93. The Morgan fingerprint density at radius 2 is 1.96 bits per heavy atom. The molecule has 7 heteroatoms. The summed E-state index contributed by atoms with van der Waals surface area (Å²) in [5.74, 6) is 1.60. The maximum absolute atomic E-state index is 6.03. The number of hydrogen-bond donors (Lipinski definition) is 1. The molecule has 0 saturated carbocycles. The summed E-state index contributed by atoms with van der Waals surface area (Å²) in [5, 5.41) is 5.19. The van der Waals surface area contributed by atoms with Crippen molar-refractivity contribution in [3.8, 4) is 22.3 Å². The highest BCUT2D eigenvalue weighted by atomic mass is 32.1. The van der Waals surface area contributed by atoms with Gasteiger partial charge in [0.1, 0.15) is 5.75 Å². The minimum Gasteiger partial charge on any atom is -0.497 e. The zero-order valence-electron chi connectivity index (χ0n) is 12.3. The van der Waals surface area contributed by atoms with E-state index in [4.69, 9.17) is 10.5 Å². The van der Waals surface area contributed by atoms with E-state index < -0.39 is 0 Å². The van der Waals surface area contributed by atoms with Gasteiger partial charge < -0.3 is 10.5 Å². The highest BCUT2D eigenvalue weighted by Gasteiger charge is 2.14. The molecule has 4 aromatic rings. The average Bonchev–Trinajstić information content (AvgIpc) is 3.18. The summed E-state index contributed by atoms with van der Waals surface area (Å²) in [6, 6.07) is 15.5. The highest BCUT2D eigenvalue weighted by Crippen LogP contribution is 2.27. The first-order valence-electron chi connectivity index (χ1n) is 6.97. The van der Waals surface area contributed by atoms with Crippen LogP contribution in [0.15, 0.2) is 48.5 Å². The van der Waals surface area contributed by atoms with Gasteiger partial charge in [-0.15, -0.1) is 5.10 Å². The molecule has 0 unspecified atom stereocenters. The number of para-hydroxylation sites is 1. The van der Waals surface area contributed by atoms with Gasteiger partial charge in [0.15, 0.2) is 5.82 Å². The number of benzene rings is 2. The van der Waals surface area contributed by atoms with E-state index in [0.717, 1.165) is 21.5 Å². The van der Waals surface area contributed by atoms with Crippen LogP contribution in [0.3, 0.4) is 0 Å². The van der Waals surface area contributed by atoms with Gasteiger partial charge >= 0.3 is 0 Å². The van der Waals surface area contributed by atoms with Crippen molar-refractivity contribution in [3.05, 3.63) is 48.5 Å². The summed E-state index contributed by atoms with van der Waals surface area (Å²) in [7, 11) is 1.63. The van der Waals surface area contributed by atoms with E-state index in [1.54, 1.807) is 11.8 Å². The Labute approximate surface area is 136 Å². The van der Waals surface area contributed by atoms with Crippen LogP contribution in [0, 0.1) is 0 Å². The number of hydrogen-bond acceptors (Lipinski definition) is 6. The number of nitrogen functional groups attached to an aromatic ring is 1. The Bertz CT molecular complexity index is 958. The number of thiazole rings is 1. The van der Waals surface area contributed by atoms with Crippen LogP contribution in [0.1, 0.15) is 0 Å². The predicted octanol–water partition coefficient (Wildman–Crippen LogP) is 3.13. The molecule has 0 bridgehead atoms. The second kappa shape index (κ2) is 5.36. The second-order valence-electron chi connectivity index (χ2n) is 4.90. The summed E-state index contributed by atoms with van der Waals surface area (Å²) in [6.07, 6.45) is 0. The number of fused-ring (bicyclic) bond motifs is 1. The van der Waals surface area contributed by atoms with E-state index in [1.165, 1.54) is 11.3 Å². The molecule has 0 aliphatic rings. The summed E-state index contributed by atoms with van der Waals surface area (Å²) >= 11 is 1.53. The van der Waals surface area contributed by atoms with Crippen molar-refractivity contribution in [2.75, 3.05) is 12.8 Å². The predicted molar refractivity (Wildman–Crippen MR) is 90.9 cm³/mol. The van der Waals surface area contributed by atoms with Gasteiger partial charge in [0.25, 0.3) is 0 Å². The van der Waals surface area contributed by atoms with Crippen LogP contribution in [0.4, 0.5) is 5.95 Å². The molecular weight excluding hydrogens is 310 g/mol. The second-order valence-corrected chi connectivity index (χ2v) is 5.91. The summed E-state index contributed by atoms with van der Waals surface area (Å²) < 4.78 is 7.89. The maximum Gasteiger partial charge on any atom is 0.226 e. The van der Waals surface area contributed by atoms with E-state index in [1.807, 2.05) is 48.5 Å². The number of nitrogens with two attached hydrogens (primary N) is 1. The van der Waals surface area contributed by atoms with Crippen LogP contribution in [-0.4, -0.2) is 26.9 Å². The van der Waals surface area contributed by atoms with E-state index >= 15 is 0 Å². The molecule has 114 valence electrons. The number of nitrogens with zero attached hydrogens (tertiary/aromatic N) is 4. The zero-order valence-corrected chi connectivity index (χ0v) is 13.1. The molecule has 2 heterocycles. The number of rotatable bonds is 3. The normalized spacial score (nSPS) is 11.0. The summed E-state index contributed by atoms with van der Waals surface area (Å²) in [4.78, 5) is 8.90. The Morgan fingerprint density at radius 1 is 1.09 bits per heavy atom. The fourth-order valence-electron chi connectivity index (χ4n) is 2.30. The smallest absolute Gasteiger partial charge is 0.226 e. The first kappa shape index (κ1) is 13.7. The third kappa shape index (κ3) is 2.40. The van der Waals surface area contributed by atoms with Crippen LogP contribution in [-0.2, 0) is 0 Å². The lowest BCUT2D eigenvalue weighted by Crippen LogP contribution is -2.01. The van der Waals surface area contributed by atoms with Crippen molar-refractivity contribution in [1.29, 1.82) is 0 Å². The molecule has 0 radical (unpaired) electrons. The fourth-order valence-corrected chi connectivity index (χ4v) is 3.23. The van der Waals surface area contributed by atoms with E-state index in [9.17, 15) is 0 Å². The third-order valence-corrected chi connectivity index (χ3v) is 4.44. The van der Waals surface area contributed by atoms with E-state index in [2.05, 4.69) is 15.1 Å². The van der Waals surface area contributed by atoms with Gasteiger partial charge in [-0.3, -0.25) is 0 Å². The number of anilines is 1. The van der Waals surface area contributed by atoms with Crippen molar-refractivity contribution < 1.29 is 4.74 Å². The van der Waals surface area contributed by atoms with Crippen LogP contribution in [0.25, 0.3) is 26.7 Å². The van der Waals surface area contributed by atoms with Crippen LogP contribution in [0.5, 0.6) is 5.75 Å². The molecule has 23 heavy (non-hydrogen) atoms. The first-order chi connectivity index (χ1) is 11.2. The lowest BCUT2D eigenvalue weighted by molar-refractivity contribution is 0.415. The standard InChI is InChI=1S/C16H13N5OS/c1-22-11-6-4-5-10(9-11)14-19-15(17)21(20-14)16-18-12-7-2-3-8-13(12)23-16/h2-9H,1H3,(H2,17,19,20). The largest absolute Gasteiger partial charge is 0.497 e. The molecule has 2 aromatic heterocycles. The summed E-state index contributed by atoms with van der Waals surface area (Å²) in [5.41, 5.74) is 7.79. The monoisotopic (exact) mass is 323 g/mol. The Kier molecular flexibility index (Phi) is 3.20. The maximum atomic E-state index is 6.03. The Balaban J connectivity index is 1.80. The van der Waals surface area contributed by atoms with Gasteiger partial charge in [0.05, 0.1) is 17.3 Å². The molecule has 0 amide bonds. The minimum absolute atomic E-state index is 0.307. The molecule has 2 aromatic carbocycles. The third-order valence-electron chi connectivity index (χ3n) is 3.42. The van der Waals surface area contributed by atoms with Gasteiger partial charge in [0, 0.05) is 5.56 Å². The topological polar surface area (TPSA) is 78.9 Å². The van der Waals surface area contributed by atoms with Gasteiger partial charge in [-0.25, -0.2) is 4.98 Å². The molecule has 0 aliphatic carbocycles. The van der Waals surface area contributed by atoms with Gasteiger partial charge in [-0.1, -0.05) is 35.6 Å². The van der Waals surface area contributed by atoms with Crippen molar-refractivity contribution in [2.24, 2.45) is 0 Å². The average molecular weight is 323 g/mol. The van der Waals surface area contributed by atoms with Gasteiger partial charge in [-0.2, -0.15) is 9.67 Å². The van der Waals surface area contributed by atoms with Crippen molar-refractivity contribution in [1.82, 2.24) is 19.7 Å². The van der Waals surface area contributed by atoms with E-state index in [-0.39, 0.29) is 0 Å². The SMILES string of the molecule is COc1cccc(-c2nc(N)n(-c3nc4ccccc4s3)n2)c1. The number of aromatic nitrogens is 4. The zero-order chi connectivity index (χ0) is 15.8.